The van der Waals surface area contributed by atoms with Crippen LogP contribution in [0.5, 0.6) is 0 Å². The Kier molecular flexibility index (Phi) is 11.9. The lowest BCUT2D eigenvalue weighted by Gasteiger charge is -2.04. The van der Waals surface area contributed by atoms with Crippen LogP contribution in [0.1, 0.15) is 22.3 Å². The van der Waals surface area contributed by atoms with Crippen molar-refractivity contribution in [3.8, 4) is 0 Å². The van der Waals surface area contributed by atoms with Gasteiger partial charge in [0.05, 0.1) is 5.69 Å². The molecule has 0 saturated carbocycles. The molecule has 160 valence electrons. The fourth-order valence-electron chi connectivity index (χ4n) is 2.78. The molecule has 2 aliphatic rings. The van der Waals surface area contributed by atoms with Crippen molar-refractivity contribution in [3.05, 3.63) is 113 Å². The van der Waals surface area contributed by atoms with Crippen molar-refractivity contribution in [1.29, 1.82) is 0 Å². The minimum Gasteiger partial charge on any atom is -0.0973 e. The minimum absolute atomic E-state index is 0.362. The minimum atomic E-state index is 0.362. The maximum Gasteiger partial charge on any atom is 0.0545 e. The van der Waals surface area contributed by atoms with E-state index in [0.717, 1.165) is 24.0 Å². The highest BCUT2D eigenvalue weighted by molar-refractivity contribution is 5.79. The lowest BCUT2D eigenvalue weighted by atomic mass is 10.1. The predicted octanol–water partition coefficient (Wildman–Crippen LogP) is 8.25. The molecule has 2 aliphatic carbocycles. The second-order valence-corrected chi connectivity index (χ2v) is 5.88. The molecule has 2 aromatic carbocycles. The van der Waals surface area contributed by atoms with Crippen molar-refractivity contribution in [2.75, 3.05) is 14.1 Å². The van der Waals surface area contributed by atoms with Crippen LogP contribution in [0.3, 0.4) is 0 Å². The molecule has 0 unspecified atom stereocenters. The fraction of sp³-hybridized carbons (Fsp3) is 0.200. The molecule has 0 amide bonds. The Morgan fingerprint density at radius 3 is 1.88 bits per heavy atom. The first-order chi connectivity index (χ1) is 15.7. The van der Waals surface area contributed by atoms with Crippen molar-refractivity contribution in [2.24, 2.45) is 20.5 Å². The van der Waals surface area contributed by atoms with E-state index in [1.165, 1.54) is 25.2 Å². The van der Waals surface area contributed by atoms with E-state index in [1.807, 2.05) is 18.2 Å². The van der Waals surface area contributed by atoms with E-state index < -0.39 is 0 Å². The number of hydrogen-bond acceptors (Lipinski definition) is 4. The van der Waals surface area contributed by atoms with Crippen LogP contribution in [-0.2, 0) is 12.8 Å². The van der Waals surface area contributed by atoms with Gasteiger partial charge in [0, 0.05) is 39.4 Å². The molecule has 0 spiro atoms. The Morgan fingerprint density at radius 2 is 1.28 bits per heavy atom. The second-order valence-electron chi connectivity index (χ2n) is 5.88. The predicted molar refractivity (Wildman–Crippen MR) is 126 cm³/mol. The zero-order valence-corrected chi connectivity index (χ0v) is 17.6. The Labute approximate surface area is 184 Å². The number of azide groups is 4. The smallest absolute Gasteiger partial charge is 0.0545 e. The van der Waals surface area contributed by atoms with Crippen LogP contribution >= 0.6 is 0 Å². The number of rotatable bonds is 2. The molecule has 0 heterocycles. The van der Waals surface area contributed by atoms with E-state index in [2.05, 4.69) is 76.5 Å². The molecule has 0 saturated heterocycles. The molecule has 0 bridgehead atoms. The lowest BCUT2D eigenvalue weighted by Crippen LogP contribution is -1.81. The van der Waals surface area contributed by atoms with Gasteiger partial charge in [-0.25, -0.2) is 0 Å². The van der Waals surface area contributed by atoms with Gasteiger partial charge in [-0.05, 0) is 57.2 Å². The van der Waals surface area contributed by atoms with Gasteiger partial charge >= 0.3 is 0 Å². The largest absolute Gasteiger partial charge is 0.0973 e. The third-order valence-electron chi connectivity index (χ3n) is 4.07. The molecule has 32 heavy (non-hydrogen) atoms. The summed E-state index contributed by atoms with van der Waals surface area (Å²) in [6, 6.07) is 12.0. The molecule has 4 rings (SSSR count). The van der Waals surface area contributed by atoms with Crippen molar-refractivity contribution in [2.45, 2.75) is 12.8 Å². The van der Waals surface area contributed by atoms with E-state index in [9.17, 15) is 0 Å². The molecule has 12 nitrogen and oxygen atoms in total. The van der Waals surface area contributed by atoms with Gasteiger partial charge in [-0.15, -0.1) is 0 Å². The number of allylic oxidation sites excluding steroid dienone is 2. The average molecular weight is 428 g/mol. The number of nitrogens with zero attached hydrogens (tertiary/aromatic N) is 12. The Morgan fingerprint density at radius 1 is 0.688 bits per heavy atom. The van der Waals surface area contributed by atoms with Gasteiger partial charge in [-0.2, -0.15) is 0 Å². The summed E-state index contributed by atoms with van der Waals surface area (Å²) in [5.74, 6) is 0. The van der Waals surface area contributed by atoms with Crippen LogP contribution in [0.2, 0.25) is 0 Å². The molecular formula is C20H20N12. The van der Waals surface area contributed by atoms with Crippen LogP contribution in [0, 0.1) is 0 Å². The van der Waals surface area contributed by atoms with Gasteiger partial charge in [-0.1, -0.05) is 81.2 Å². The topological polar surface area (TPSA) is 195 Å². The van der Waals surface area contributed by atoms with Crippen LogP contribution in [0.4, 0.5) is 11.4 Å². The molecule has 0 aliphatic heterocycles. The standard InChI is InChI=1S/C9H6N6.C9H8.2CH3N3/c10-14-12-8-5-4-6-2-1-3-7(6)9(8)13-15-11;1-2-5-9-7-3-6-8(9)4-1;2*1-3-4-2/h1,3-5H,2H2;1-6H,7H2;2*1H3. The van der Waals surface area contributed by atoms with Crippen LogP contribution in [-0.4, -0.2) is 14.1 Å². The number of hydrogen-bond donors (Lipinski definition) is 0. The summed E-state index contributed by atoms with van der Waals surface area (Å²) in [6.45, 7) is 0. The van der Waals surface area contributed by atoms with Crippen molar-refractivity contribution >= 4 is 23.5 Å². The maximum atomic E-state index is 8.44. The van der Waals surface area contributed by atoms with Gasteiger partial charge < -0.3 is 0 Å². The highest BCUT2D eigenvalue weighted by Gasteiger charge is 2.11. The van der Waals surface area contributed by atoms with E-state index >= 15 is 0 Å². The molecule has 0 atom stereocenters. The summed E-state index contributed by atoms with van der Waals surface area (Å²) in [4.78, 5) is 10.1. The monoisotopic (exact) mass is 428 g/mol. The van der Waals surface area contributed by atoms with E-state index in [1.54, 1.807) is 6.07 Å². The summed E-state index contributed by atoms with van der Waals surface area (Å²) < 4.78 is 0. The summed E-state index contributed by atoms with van der Waals surface area (Å²) in [7, 11) is 2.78. The third kappa shape index (κ3) is 7.88. The fourth-order valence-corrected chi connectivity index (χ4v) is 2.78. The Hall–Kier alpha value is -4.84. The summed E-state index contributed by atoms with van der Waals surface area (Å²) in [5, 5.41) is 12.9. The first-order valence-corrected chi connectivity index (χ1v) is 9.20. The first kappa shape index (κ1) is 25.2. The van der Waals surface area contributed by atoms with E-state index in [0.29, 0.717) is 11.4 Å². The summed E-state index contributed by atoms with van der Waals surface area (Å²) >= 11 is 0. The average Bonchev–Trinajstić information content (AvgIpc) is 3.51. The zero-order valence-electron chi connectivity index (χ0n) is 17.6. The van der Waals surface area contributed by atoms with E-state index in [-0.39, 0.29) is 0 Å². The van der Waals surface area contributed by atoms with Crippen molar-refractivity contribution in [1.82, 2.24) is 0 Å². The van der Waals surface area contributed by atoms with Gasteiger partial charge in [0.25, 0.3) is 0 Å². The molecule has 12 heteroatoms. The normalized spacial score (nSPS) is 10.3. The number of fused-ring (bicyclic) bond motifs is 2. The van der Waals surface area contributed by atoms with Crippen LogP contribution < -0.4 is 0 Å². The molecular weight excluding hydrogens is 408 g/mol. The van der Waals surface area contributed by atoms with Gasteiger partial charge in [0.15, 0.2) is 0 Å². The molecule has 0 N–H and O–H groups in total. The Balaban J connectivity index is 0.000000254. The van der Waals surface area contributed by atoms with Crippen LogP contribution in [0.15, 0.2) is 69.0 Å². The molecule has 0 radical (unpaired) electrons. The highest BCUT2D eigenvalue weighted by atomic mass is 15.2. The lowest BCUT2D eigenvalue weighted by molar-refractivity contribution is 1.28. The highest BCUT2D eigenvalue weighted by Crippen LogP contribution is 2.38. The number of benzene rings is 2. The second kappa shape index (κ2) is 15.1. The quantitative estimate of drug-likeness (QED) is 0.252. The maximum absolute atomic E-state index is 8.44. The van der Waals surface area contributed by atoms with Crippen LogP contribution in [0.25, 0.3) is 53.9 Å². The zero-order chi connectivity index (χ0) is 23.6. The van der Waals surface area contributed by atoms with Gasteiger partial charge in [-0.3, -0.25) is 0 Å². The van der Waals surface area contributed by atoms with Gasteiger partial charge in [0.2, 0.25) is 0 Å². The SMILES string of the molecule is C1=Cc2ccccc2C1.CN=[N+]=[N-].CN=[N+]=[N-].[N-]=[N+]=Nc1ccc2c(c1N=[N+]=[N-])C=CC2. The van der Waals surface area contributed by atoms with Gasteiger partial charge in [0.1, 0.15) is 0 Å². The molecule has 0 fully saturated rings. The van der Waals surface area contributed by atoms with Crippen molar-refractivity contribution < 1.29 is 0 Å². The summed E-state index contributed by atoms with van der Waals surface area (Å²) in [5.41, 5.74) is 37.0. The molecule has 2 aromatic rings. The summed E-state index contributed by atoms with van der Waals surface area (Å²) in [6.07, 6.45) is 10.2. The Bertz CT molecular complexity index is 1160. The van der Waals surface area contributed by atoms with Crippen molar-refractivity contribution in [3.63, 3.8) is 0 Å². The first-order valence-electron chi connectivity index (χ1n) is 9.20. The van der Waals surface area contributed by atoms with E-state index in [4.69, 9.17) is 22.1 Å². The third-order valence-corrected chi connectivity index (χ3v) is 4.07. The molecule has 0 aromatic heterocycles.